The third kappa shape index (κ3) is 2.93. The van der Waals surface area contributed by atoms with E-state index in [1.165, 1.54) is 0 Å². The molecular weight excluding hydrogens is 218 g/mol. The van der Waals surface area contributed by atoms with Crippen LogP contribution in [0.25, 0.3) is 0 Å². The fourth-order valence-electron chi connectivity index (χ4n) is 1.42. The molecule has 0 radical (unpaired) electrons. The van der Waals surface area contributed by atoms with Gasteiger partial charge >= 0.3 is 0 Å². The van der Waals surface area contributed by atoms with Gasteiger partial charge in [-0.25, -0.2) is 9.97 Å². The van der Waals surface area contributed by atoms with Gasteiger partial charge in [0, 0.05) is 24.7 Å². The van der Waals surface area contributed by atoms with Crippen LogP contribution in [-0.4, -0.2) is 26.5 Å². The number of nitrogens with zero attached hydrogens (tertiary/aromatic N) is 3. The van der Waals surface area contributed by atoms with Crippen LogP contribution in [0.3, 0.4) is 0 Å². The maximum absolute atomic E-state index is 5.30. The fraction of sp³-hybridized carbons (Fsp3) is 0.364. The highest BCUT2D eigenvalue weighted by molar-refractivity contribution is 5.29. The van der Waals surface area contributed by atoms with Crippen molar-refractivity contribution in [3.05, 3.63) is 30.5 Å². The summed E-state index contributed by atoms with van der Waals surface area (Å²) in [5, 5.41) is 3.15. The van der Waals surface area contributed by atoms with Crippen LogP contribution in [0.2, 0.25) is 0 Å². The number of ether oxygens (including phenoxy) is 1. The van der Waals surface area contributed by atoms with E-state index in [4.69, 9.17) is 4.74 Å². The van der Waals surface area contributed by atoms with E-state index in [2.05, 4.69) is 25.3 Å². The molecule has 6 heteroatoms. The van der Waals surface area contributed by atoms with E-state index < -0.39 is 0 Å². The smallest absolute Gasteiger partial charge is 0.226 e. The summed E-state index contributed by atoms with van der Waals surface area (Å²) in [6.07, 6.45) is 5.16. The lowest BCUT2D eigenvalue weighted by Gasteiger charge is -2.11. The van der Waals surface area contributed by atoms with Crippen LogP contribution >= 0.6 is 0 Å². The van der Waals surface area contributed by atoms with E-state index in [0.717, 1.165) is 5.82 Å². The molecule has 1 atom stereocenters. The Morgan fingerprint density at radius 1 is 1.41 bits per heavy atom. The molecule has 0 fully saturated rings. The summed E-state index contributed by atoms with van der Waals surface area (Å²) in [5.74, 6) is 1.94. The zero-order valence-electron chi connectivity index (χ0n) is 9.84. The van der Waals surface area contributed by atoms with E-state index in [1.807, 2.05) is 13.8 Å². The Balaban J connectivity index is 2.05. The predicted molar refractivity (Wildman–Crippen MR) is 63.8 cm³/mol. The molecule has 0 amide bonds. The molecule has 0 bridgehead atoms. The Morgan fingerprint density at radius 3 is 3.00 bits per heavy atom. The lowest BCUT2D eigenvalue weighted by Crippen LogP contribution is -2.11. The van der Waals surface area contributed by atoms with Crippen LogP contribution in [0, 0.1) is 0 Å². The molecule has 2 rings (SSSR count). The largest absolute Gasteiger partial charge is 0.478 e. The molecule has 2 heterocycles. The number of hydrogen-bond acceptors (Lipinski definition) is 5. The molecule has 0 aliphatic heterocycles. The van der Waals surface area contributed by atoms with Crippen LogP contribution in [0.4, 0.5) is 5.95 Å². The van der Waals surface area contributed by atoms with Crippen molar-refractivity contribution in [2.75, 3.05) is 11.9 Å². The Bertz CT molecular complexity index is 457. The first-order chi connectivity index (χ1) is 8.29. The molecule has 0 saturated heterocycles. The van der Waals surface area contributed by atoms with Crippen LogP contribution in [0.5, 0.6) is 5.88 Å². The van der Waals surface area contributed by atoms with Crippen molar-refractivity contribution < 1.29 is 4.74 Å². The summed E-state index contributed by atoms with van der Waals surface area (Å²) in [7, 11) is 0. The highest BCUT2D eigenvalue weighted by Crippen LogP contribution is 2.14. The van der Waals surface area contributed by atoms with Crippen molar-refractivity contribution in [2.45, 2.75) is 19.9 Å². The van der Waals surface area contributed by atoms with Gasteiger partial charge in [0.15, 0.2) is 0 Å². The first-order valence-corrected chi connectivity index (χ1v) is 5.51. The first kappa shape index (κ1) is 11.4. The van der Waals surface area contributed by atoms with Crippen molar-refractivity contribution in [3.8, 4) is 5.88 Å². The predicted octanol–water partition coefficient (Wildman–Crippen LogP) is 1.77. The van der Waals surface area contributed by atoms with Gasteiger partial charge < -0.3 is 15.0 Å². The van der Waals surface area contributed by atoms with Gasteiger partial charge in [-0.15, -0.1) is 0 Å². The Labute approximate surface area is 99.5 Å². The number of imidazole rings is 1. The SMILES string of the molecule is CCOc1ccnc(NC(C)c2ncc[nH]2)n1. The van der Waals surface area contributed by atoms with Gasteiger partial charge in [0.25, 0.3) is 0 Å². The monoisotopic (exact) mass is 233 g/mol. The molecule has 2 aromatic heterocycles. The number of nitrogens with one attached hydrogen (secondary N) is 2. The van der Waals surface area contributed by atoms with Gasteiger partial charge in [-0.2, -0.15) is 4.98 Å². The molecule has 2 aromatic rings. The minimum absolute atomic E-state index is 0.0156. The normalized spacial score (nSPS) is 12.1. The number of aromatic nitrogens is 4. The molecule has 6 nitrogen and oxygen atoms in total. The average Bonchev–Trinajstić information content (AvgIpc) is 2.83. The van der Waals surface area contributed by atoms with Crippen molar-refractivity contribution in [1.29, 1.82) is 0 Å². The van der Waals surface area contributed by atoms with E-state index in [9.17, 15) is 0 Å². The second kappa shape index (κ2) is 5.29. The molecule has 0 aromatic carbocycles. The maximum atomic E-state index is 5.30. The van der Waals surface area contributed by atoms with Gasteiger partial charge in [-0.05, 0) is 13.8 Å². The van der Waals surface area contributed by atoms with Crippen LogP contribution in [0.1, 0.15) is 25.7 Å². The lowest BCUT2D eigenvalue weighted by atomic mass is 10.3. The van der Waals surface area contributed by atoms with Crippen molar-refractivity contribution in [3.63, 3.8) is 0 Å². The van der Waals surface area contributed by atoms with E-state index in [-0.39, 0.29) is 6.04 Å². The van der Waals surface area contributed by atoms with Crippen molar-refractivity contribution >= 4 is 5.95 Å². The van der Waals surface area contributed by atoms with Crippen LogP contribution in [-0.2, 0) is 0 Å². The topological polar surface area (TPSA) is 75.7 Å². The molecule has 0 aliphatic carbocycles. The van der Waals surface area contributed by atoms with Gasteiger partial charge in [0.05, 0.1) is 12.6 Å². The van der Waals surface area contributed by atoms with E-state index in [0.29, 0.717) is 18.4 Å². The molecule has 90 valence electrons. The van der Waals surface area contributed by atoms with Gasteiger partial charge in [-0.3, -0.25) is 0 Å². The first-order valence-electron chi connectivity index (χ1n) is 5.51. The maximum Gasteiger partial charge on any atom is 0.226 e. The Kier molecular flexibility index (Phi) is 3.54. The summed E-state index contributed by atoms with van der Waals surface area (Å²) < 4.78 is 5.30. The molecule has 17 heavy (non-hydrogen) atoms. The number of anilines is 1. The zero-order chi connectivity index (χ0) is 12.1. The van der Waals surface area contributed by atoms with Crippen molar-refractivity contribution in [1.82, 2.24) is 19.9 Å². The molecule has 0 spiro atoms. The van der Waals surface area contributed by atoms with Crippen LogP contribution in [0.15, 0.2) is 24.7 Å². The highest BCUT2D eigenvalue weighted by Gasteiger charge is 2.09. The molecule has 2 N–H and O–H groups in total. The highest BCUT2D eigenvalue weighted by atomic mass is 16.5. The average molecular weight is 233 g/mol. The third-order valence-corrected chi connectivity index (χ3v) is 2.20. The van der Waals surface area contributed by atoms with E-state index >= 15 is 0 Å². The van der Waals surface area contributed by atoms with Gasteiger partial charge in [-0.1, -0.05) is 0 Å². The number of aromatic amines is 1. The molecular formula is C11H15N5O. The standard InChI is InChI=1S/C11H15N5O/c1-3-17-9-4-5-14-11(16-9)15-8(2)10-12-6-7-13-10/h4-8H,3H2,1-2H3,(H,12,13)(H,14,15,16). The van der Waals surface area contributed by atoms with Crippen LogP contribution < -0.4 is 10.1 Å². The van der Waals surface area contributed by atoms with Gasteiger partial charge in [0.1, 0.15) is 5.82 Å². The summed E-state index contributed by atoms with van der Waals surface area (Å²) in [6, 6.07) is 1.74. The quantitative estimate of drug-likeness (QED) is 0.823. The summed E-state index contributed by atoms with van der Waals surface area (Å²) in [5.41, 5.74) is 0. The third-order valence-electron chi connectivity index (χ3n) is 2.20. The Hall–Kier alpha value is -2.11. The van der Waals surface area contributed by atoms with Gasteiger partial charge in [0.2, 0.25) is 11.8 Å². The Morgan fingerprint density at radius 2 is 2.29 bits per heavy atom. The minimum Gasteiger partial charge on any atom is -0.478 e. The second-order valence-electron chi connectivity index (χ2n) is 3.49. The zero-order valence-corrected chi connectivity index (χ0v) is 9.84. The summed E-state index contributed by atoms with van der Waals surface area (Å²) in [6.45, 7) is 4.49. The van der Waals surface area contributed by atoms with Crippen molar-refractivity contribution in [2.24, 2.45) is 0 Å². The summed E-state index contributed by atoms with van der Waals surface area (Å²) in [4.78, 5) is 15.6. The summed E-state index contributed by atoms with van der Waals surface area (Å²) >= 11 is 0. The number of hydrogen-bond donors (Lipinski definition) is 2. The molecule has 0 aliphatic rings. The number of rotatable bonds is 5. The fourth-order valence-corrected chi connectivity index (χ4v) is 1.42. The lowest BCUT2D eigenvalue weighted by molar-refractivity contribution is 0.326. The minimum atomic E-state index is 0.0156. The molecule has 1 unspecified atom stereocenters. The number of H-pyrrole nitrogens is 1. The van der Waals surface area contributed by atoms with E-state index in [1.54, 1.807) is 24.7 Å². The second-order valence-corrected chi connectivity index (χ2v) is 3.49. The molecule has 0 saturated carbocycles.